The maximum atomic E-state index is 12.7. The summed E-state index contributed by atoms with van der Waals surface area (Å²) < 4.78 is 7.36. The summed E-state index contributed by atoms with van der Waals surface area (Å²) in [5.41, 5.74) is 6.92. The highest BCUT2D eigenvalue weighted by Crippen LogP contribution is 2.27. The van der Waals surface area contributed by atoms with E-state index in [1.807, 2.05) is 45.0 Å². The number of hydrogen-bond acceptors (Lipinski definition) is 4. The first-order valence-electron chi connectivity index (χ1n) is 10.8. The number of fused-ring (bicyclic) bond motifs is 1. The van der Waals surface area contributed by atoms with Gasteiger partial charge in [0.2, 0.25) is 0 Å². The van der Waals surface area contributed by atoms with Crippen LogP contribution < -0.4 is 10.1 Å². The fourth-order valence-corrected chi connectivity index (χ4v) is 4.13. The zero-order valence-corrected chi connectivity index (χ0v) is 20.5. The Morgan fingerprint density at radius 1 is 0.939 bits per heavy atom. The molecule has 0 fully saturated rings. The van der Waals surface area contributed by atoms with Gasteiger partial charge in [0.1, 0.15) is 11.6 Å². The van der Waals surface area contributed by atoms with Crippen LogP contribution >= 0.6 is 11.6 Å². The number of hydrogen-bond donors (Lipinski definition) is 1. The Hall–Kier alpha value is -3.38. The highest BCUT2D eigenvalue weighted by atomic mass is 35.5. The monoisotopic (exact) mass is 462 g/mol. The Morgan fingerprint density at radius 3 is 2.33 bits per heavy atom. The molecule has 0 unspecified atom stereocenters. The number of carbonyl (C=O) groups is 1. The fourth-order valence-electron chi connectivity index (χ4n) is 4.02. The molecule has 2 heterocycles. The molecule has 1 amide bonds. The van der Waals surface area contributed by atoms with Crippen LogP contribution in [0.3, 0.4) is 0 Å². The van der Waals surface area contributed by atoms with Crippen molar-refractivity contribution < 1.29 is 9.53 Å². The molecule has 0 radical (unpaired) electrons. The van der Waals surface area contributed by atoms with Crippen molar-refractivity contribution in [2.75, 3.05) is 11.9 Å². The van der Waals surface area contributed by atoms with Gasteiger partial charge in [0.15, 0.2) is 12.4 Å². The van der Waals surface area contributed by atoms with Crippen molar-refractivity contribution in [2.24, 2.45) is 0 Å². The number of rotatable bonds is 5. The topological polar surface area (TPSA) is 69.0 Å². The maximum Gasteiger partial charge on any atom is 0.263 e. The summed E-state index contributed by atoms with van der Waals surface area (Å²) in [7, 11) is 0. The molecular weight excluding hydrogens is 436 g/mol. The number of anilines is 1. The van der Waals surface area contributed by atoms with Crippen LogP contribution in [0.2, 0.25) is 5.02 Å². The van der Waals surface area contributed by atoms with Gasteiger partial charge in [-0.25, -0.2) is 4.98 Å². The van der Waals surface area contributed by atoms with Crippen molar-refractivity contribution in [1.29, 1.82) is 0 Å². The third-order valence-electron chi connectivity index (χ3n) is 5.54. The van der Waals surface area contributed by atoms with Crippen LogP contribution in [0.1, 0.15) is 33.5 Å². The van der Waals surface area contributed by atoms with Crippen LogP contribution in [0.25, 0.3) is 16.7 Å². The van der Waals surface area contributed by atoms with Gasteiger partial charge in [-0.1, -0.05) is 23.2 Å². The van der Waals surface area contributed by atoms with Gasteiger partial charge < -0.3 is 10.1 Å². The number of carbonyl (C=O) groups excluding carboxylic acids is 1. The Balaban J connectivity index is 1.59. The number of pyridine rings is 1. The number of amides is 1. The summed E-state index contributed by atoms with van der Waals surface area (Å²) in [4.78, 5) is 17.5. The smallest absolute Gasteiger partial charge is 0.263 e. The van der Waals surface area contributed by atoms with Crippen molar-refractivity contribution in [3.63, 3.8) is 0 Å². The summed E-state index contributed by atoms with van der Waals surface area (Å²) in [5, 5.41) is 9.29. The van der Waals surface area contributed by atoms with Crippen molar-refractivity contribution >= 4 is 34.2 Å². The number of nitrogens with zero attached hydrogens (tertiary/aromatic N) is 3. The van der Waals surface area contributed by atoms with Gasteiger partial charge in [0, 0.05) is 16.5 Å². The van der Waals surface area contributed by atoms with Gasteiger partial charge in [-0.3, -0.25) is 4.79 Å². The van der Waals surface area contributed by atoms with E-state index in [1.54, 1.807) is 4.68 Å². The summed E-state index contributed by atoms with van der Waals surface area (Å²) in [5.74, 6) is 1.51. The number of halogens is 1. The summed E-state index contributed by atoms with van der Waals surface area (Å²) in [6, 6.07) is 11.7. The van der Waals surface area contributed by atoms with E-state index in [4.69, 9.17) is 21.3 Å². The van der Waals surface area contributed by atoms with E-state index in [-0.39, 0.29) is 12.5 Å². The molecule has 0 saturated heterocycles. The lowest BCUT2D eigenvalue weighted by molar-refractivity contribution is -0.118. The lowest BCUT2D eigenvalue weighted by Crippen LogP contribution is -2.22. The minimum atomic E-state index is -0.286. The first-order valence-corrected chi connectivity index (χ1v) is 11.1. The first kappa shape index (κ1) is 22.8. The van der Waals surface area contributed by atoms with Crippen LogP contribution in [0.15, 0.2) is 36.4 Å². The van der Waals surface area contributed by atoms with E-state index in [0.29, 0.717) is 22.4 Å². The quantitative estimate of drug-likeness (QED) is 0.398. The van der Waals surface area contributed by atoms with Gasteiger partial charge in [-0.15, -0.1) is 0 Å². The molecule has 4 aromatic rings. The van der Waals surface area contributed by atoms with E-state index in [1.165, 1.54) is 5.56 Å². The molecule has 0 aliphatic rings. The molecule has 0 atom stereocenters. The molecule has 7 heteroatoms. The van der Waals surface area contributed by atoms with Crippen molar-refractivity contribution in [1.82, 2.24) is 14.8 Å². The van der Waals surface area contributed by atoms with E-state index in [9.17, 15) is 4.79 Å². The summed E-state index contributed by atoms with van der Waals surface area (Å²) in [6.07, 6.45) is 0. The second kappa shape index (κ2) is 8.87. The van der Waals surface area contributed by atoms with E-state index in [2.05, 4.69) is 43.3 Å². The lowest BCUT2D eigenvalue weighted by Gasteiger charge is -2.13. The third-order valence-corrected chi connectivity index (χ3v) is 6.13. The first-order chi connectivity index (χ1) is 15.6. The van der Waals surface area contributed by atoms with Gasteiger partial charge in [0.25, 0.3) is 5.91 Å². The highest BCUT2D eigenvalue weighted by Gasteiger charge is 2.15. The van der Waals surface area contributed by atoms with Gasteiger partial charge in [-0.2, -0.15) is 9.78 Å². The molecule has 1 N–H and O–H groups in total. The predicted molar refractivity (Wildman–Crippen MR) is 133 cm³/mol. The number of aromatic nitrogens is 3. The zero-order valence-electron chi connectivity index (χ0n) is 19.7. The van der Waals surface area contributed by atoms with Gasteiger partial charge in [-0.05, 0) is 88.1 Å². The van der Waals surface area contributed by atoms with Crippen LogP contribution in [0.5, 0.6) is 5.75 Å². The second-order valence-electron chi connectivity index (χ2n) is 8.57. The van der Waals surface area contributed by atoms with Gasteiger partial charge >= 0.3 is 0 Å². The largest absolute Gasteiger partial charge is 0.484 e. The Bertz CT molecular complexity index is 1370. The maximum absolute atomic E-state index is 12.7. The van der Waals surface area contributed by atoms with Crippen molar-refractivity contribution in [3.8, 4) is 11.6 Å². The van der Waals surface area contributed by atoms with E-state index < -0.39 is 0 Å². The lowest BCUT2D eigenvalue weighted by atomic mass is 10.0. The number of ether oxygens (including phenoxy) is 1. The van der Waals surface area contributed by atoms with Crippen LogP contribution in [0.4, 0.5) is 5.82 Å². The Morgan fingerprint density at radius 2 is 1.64 bits per heavy atom. The molecule has 6 nitrogen and oxygen atoms in total. The molecule has 0 saturated carbocycles. The molecule has 33 heavy (non-hydrogen) atoms. The standard InChI is InChI=1S/C26H27ClN4O2/c1-14-7-18(5)26-21(8-14)15(2)11-22(29-26)31-23(12-19(6)30-31)28-24(32)13-33-20-9-16(3)25(27)17(4)10-20/h7-12H,13H2,1-6H3,(H,28,32). The minimum Gasteiger partial charge on any atom is -0.484 e. The van der Waals surface area contributed by atoms with Crippen molar-refractivity contribution in [2.45, 2.75) is 41.5 Å². The Kier molecular flexibility index (Phi) is 6.13. The second-order valence-corrected chi connectivity index (χ2v) is 8.94. The van der Waals surface area contributed by atoms with Crippen LogP contribution in [0, 0.1) is 41.5 Å². The molecular formula is C26H27ClN4O2. The molecule has 2 aromatic heterocycles. The molecule has 2 aromatic carbocycles. The van der Waals surface area contributed by atoms with Crippen LogP contribution in [-0.4, -0.2) is 27.3 Å². The number of nitrogens with one attached hydrogen (secondary N) is 1. The molecule has 4 rings (SSSR count). The van der Waals surface area contributed by atoms with E-state index >= 15 is 0 Å². The molecule has 0 aliphatic carbocycles. The molecule has 0 aliphatic heterocycles. The number of aryl methyl sites for hydroxylation is 6. The van der Waals surface area contributed by atoms with E-state index in [0.717, 1.165) is 38.9 Å². The average molecular weight is 463 g/mol. The summed E-state index contributed by atoms with van der Waals surface area (Å²) >= 11 is 6.21. The third kappa shape index (κ3) is 4.71. The number of benzene rings is 2. The molecule has 0 bridgehead atoms. The minimum absolute atomic E-state index is 0.132. The Labute approximate surface area is 198 Å². The molecule has 0 spiro atoms. The normalized spacial score (nSPS) is 11.1. The van der Waals surface area contributed by atoms with Crippen molar-refractivity contribution in [3.05, 3.63) is 74.9 Å². The van der Waals surface area contributed by atoms with Gasteiger partial charge in [0.05, 0.1) is 11.2 Å². The fraction of sp³-hybridized carbons (Fsp3) is 0.269. The van der Waals surface area contributed by atoms with Crippen LogP contribution in [-0.2, 0) is 4.79 Å². The highest BCUT2D eigenvalue weighted by molar-refractivity contribution is 6.32. The SMILES string of the molecule is Cc1cc(C)c2nc(-n3nc(C)cc3NC(=O)COc3cc(C)c(Cl)c(C)c3)cc(C)c2c1. The average Bonchev–Trinajstić information content (AvgIpc) is 3.11. The zero-order chi connectivity index (χ0) is 23.9. The summed E-state index contributed by atoms with van der Waals surface area (Å²) in [6.45, 7) is 11.8. The predicted octanol–water partition coefficient (Wildman–Crippen LogP) is 5.94. The molecule has 170 valence electrons.